The molecule has 0 radical (unpaired) electrons. The molecule has 1 saturated heterocycles. The summed E-state index contributed by atoms with van der Waals surface area (Å²) in [6, 6.07) is 26.9. The second kappa shape index (κ2) is 14.5. The Morgan fingerprint density at radius 2 is 1.31 bits per heavy atom. The van der Waals surface area contributed by atoms with E-state index in [0.717, 1.165) is 21.8 Å². The molecule has 3 aromatic carbocycles. The van der Waals surface area contributed by atoms with Crippen molar-refractivity contribution in [2.45, 2.75) is 51.0 Å². The van der Waals surface area contributed by atoms with Crippen molar-refractivity contribution in [3.63, 3.8) is 0 Å². The summed E-state index contributed by atoms with van der Waals surface area (Å²) in [5.41, 5.74) is 12.2. The van der Waals surface area contributed by atoms with Gasteiger partial charge in [-0.15, -0.1) is 0 Å². The first-order chi connectivity index (χ1) is 19.1. The van der Waals surface area contributed by atoms with Crippen molar-refractivity contribution in [3.8, 4) is 0 Å². The van der Waals surface area contributed by atoms with Gasteiger partial charge in [-0.2, -0.15) is 9.85 Å². The summed E-state index contributed by atoms with van der Waals surface area (Å²) in [6.07, 6.45) is -1.63. The first-order valence-electron chi connectivity index (χ1n) is 12.9. The Morgan fingerprint density at radius 1 is 0.821 bits per heavy atom. The predicted molar refractivity (Wildman–Crippen MR) is 143 cm³/mol. The van der Waals surface area contributed by atoms with Crippen molar-refractivity contribution in [1.82, 2.24) is 5.06 Å². The molecule has 3 aromatic rings. The molecule has 1 fully saturated rings. The Kier molecular flexibility index (Phi) is 10.5. The lowest BCUT2D eigenvalue weighted by Crippen LogP contribution is -2.48. The molecule has 1 aliphatic rings. The Morgan fingerprint density at radius 3 is 1.79 bits per heavy atom. The van der Waals surface area contributed by atoms with E-state index in [1.807, 2.05) is 91.0 Å². The second-order valence-corrected chi connectivity index (χ2v) is 9.12. The van der Waals surface area contributed by atoms with Crippen LogP contribution in [0.1, 0.15) is 23.6 Å². The summed E-state index contributed by atoms with van der Waals surface area (Å²) in [5.74, 6) is -0.856. The van der Waals surface area contributed by atoms with E-state index in [1.165, 1.54) is 0 Å². The third-order valence-corrected chi connectivity index (χ3v) is 6.48. The van der Waals surface area contributed by atoms with Crippen molar-refractivity contribution in [2.24, 2.45) is 0 Å². The van der Waals surface area contributed by atoms with Gasteiger partial charge in [0.15, 0.2) is 6.04 Å². The van der Waals surface area contributed by atoms with Crippen LogP contribution in [0, 0.1) is 0 Å². The summed E-state index contributed by atoms with van der Waals surface area (Å²) in [6.45, 7) is 2.51. The molecule has 39 heavy (non-hydrogen) atoms. The molecule has 0 bridgehead atoms. The lowest BCUT2D eigenvalue weighted by atomic mass is 10.0. The highest BCUT2D eigenvalue weighted by Crippen LogP contribution is 2.31. The monoisotopic (exact) mass is 531 g/mol. The third-order valence-electron chi connectivity index (χ3n) is 6.48. The van der Waals surface area contributed by atoms with Crippen LogP contribution in [-0.2, 0) is 43.6 Å². The van der Waals surface area contributed by atoms with Crippen molar-refractivity contribution in [2.75, 3.05) is 13.2 Å². The lowest BCUT2D eigenvalue weighted by molar-refractivity contribution is -0.165. The van der Waals surface area contributed by atoms with Gasteiger partial charge in [-0.05, 0) is 23.6 Å². The molecular weight excluding hydrogens is 498 g/mol. The molecule has 1 N–H and O–H groups in total. The average Bonchev–Trinajstić information content (AvgIpc) is 3.23. The van der Waals surface area contributed by atoms with E-state index in [0.29, 0.717) is 6.61 Å². The zero-order valence-corrected chi connectivity index (χ0v) is 21.8. The van der Waals surface area contributed by atoms with Gasteiger partial charge in [-0.3, -0.25) is 0 Å². The second-order valence-electron chi connectivity index (χ2n) is 9.12. The average molecular weight is 532 g/mol. The summed E-state index contributed by atoms with van der Waals surface area (Å²) in [5, 5.41) is 12.3. The van der Waals surface area contributed by atoms with Crippen molar-refractivity contribution in [1.29, 1.82) is 0 Å². The molecule has 0 unspecified atom stereocenters. The van der Waals surface area contributed by atoms with E-state index in [1.54, 1.807) is 6.92 Å². The standard InChI is InChI=1S/C30H33N3O6/c1-2-37-30(34)26(32-31)27-29(39-20-24-16-10-5-11-17-24)28(38-19-23-14-8-4-9-15-23)25(33(27)35)21-36-18-22-12-6-3-7-13-22/h3-17,25,27-29,35H,2,18-21H2,1H3/t25-,27-,28-,29-/m1/s1. The molecule has 0 aliphatic carbocycles. The van der Waals surface area contributed by atoms with Crippen LogP contribution in [0.3, 0.4) is 0 Å². The predicted octanol–water partition coefficient (Wildman–Crippen LogP) is 4.05. The molecule has 0 amide bonds. The van der Waals surface area contributed by atoms with Crippen molar-refractivity contribution >= 4 is 11.7 Å². The van der Waals surface area contributed by atoms with Crippen LogP contribution in [0.2, 0.25) is 0 Å². The molecule has 0 spiro atoms. The number of ether oxygens (including phenoxy) is 4. The van der Waals surface area contributed by atoms with E-state index >= 15 is 0 Å². The number of hydrogen-bond donors (Lipinski definition) is 1. The van der Waals surface area contributed by atoms with Gasteiger partial charge in [0.1, 0.15) is 12.2 Å². The number of benzene rings is 3. The van der Waals surface area contributed by atoms with Crippen LogP contribution < -0.4 is 0 Å². The zero-order valence-electron chi connectivity index (χ0n) is 21.8. The summed E-state index contributed by atoms with van der Waals surface area (Å²) in [7, 11) is 0. The first kappa shape index (κ1) is 28.3. The van der Waals surface area contributed by atoms with Gasteiger partial charge in [0.25, 0.3) is 0 Å². The summed E-state index contributed by atoms with van der Waals surface area (Å²) in [4.78, 5) is 16.0. The third kappa shape index (κ3) is 7.46. The highest BCUT2D eigenvalue weighted by molar-refractivity contribution is 6.36. The number of hydrogen-bond acceptors (Lipinski definition) is 7. The van der Waals surface area contributed by atoms with Crippen LogP contribution in [0.4, 0.5) is 0 Å². The molecular formula is C30H33N3O6. The Labute approximate surface area is 228 Å². The quantitative estimate of drug-likeness (QED) is 0.153. The topological polar surface area (TPSA) is 114 Å². The Balaban J connectivity index is 1.62. The van der Waals surface area contributed by atoms with E-state index < -0.39 is 30.3 Å². The number of rotatable bonds is 13. The molecule has 4 atom stereocenters. The first-order valence-corrected chi connectivity index (χ1v) is 12.9. The molecule has 9 nitrogen and oxygen atoms in total. The minimum atomic E-state index is -1.16. The molecule has 204 valence electrons. The van der Waals surface area contributed by atoms with Crippen LogP contribution >= 0.6 is 0 Å². The van der Waals surface area contributed by atoms with E-state index in [4.69, 9.17) is 18.9 Å². The minimum Gasteiger partial charge on any atom is -0.457 e. The molecule has 0 saturated carbocycles. The maximum Gasteiger partial charge on any atom is 0.418 e. The highest BCUT2D eigenvalue weighted by Gasteiger charge is 2.58. The fraction of sp³-hybridized carbons (Fsp3) is 0.333. The molecule has 1 aliphatic heterocycles. The van der Waals surface area contributed by atoms with Crippen LogP contribution in [-0.4, -0.2) is 64.2 Å². The van der Waals surface area contributed by atoms with Gasteiger partial charge in [-0.1, -0.05) is 91.0 Å². The van der Waals surface area contributed by atoms with Crippen LogP contribution in [0.5, 0.6) is 0 Å². The fourth-order valence-corrected chi connectivity index (χ4v) is 4.58. The van der Waals surface area contributed by atoms with Crippen molar-refractivity contribution < 1.29 is 33.7 Å². The zero-order chi connectivity index (χ0) is 27.5. The number of carbonyl (C=O) groups is 1. The van der Waals surface area contributed by atoms with E-state index in [-0.39, 0.29) is 32.1 Å². The molecule has 1 heterocycles. The van der Waals surface area contributed by atoms with Gasteiger partial charge >= 0.3 is 11.7 Å². The largest absolute Gasteiger partial charge is 0.457 e. The molecule has 0 aromatic heterocycles. The summed E-state index contributed by atoms with van der Waals surface area (Å²) >= 11 is 0. The van der Waals surface area contributed by atoms with Crippen LogP contribution in [0.15, 0.2) is 91.0 Å². The SMILES string of the molecule is CCOC(=O)C(=[N+]=[N-])[C@@H]1[C@@H](OCc2ccccc2)[C@H](OCc2ccccc2)[C@@H](COCc2ccccc2)N1O. The van der Waals surface area contributed by atoms with Crippen LogP contribution in [0.25, 0.3) is 5.53 Å². The Hall–Kier alpha value is -3.69. The van der Waals surface area contributed by atoms with Gasteiger partial charge in [0.05, 0.1) is 39.1 Å². The highest BCUT2D eigenvalue weighted by atomic mass is 16.6. The normalized spacial score (nSPS) is 20.9. The lowest BCUT2D eigenvalue weighted by Gasteiger charge is -2.25. The Bertz CT molecular complexity index is 1220. The summed E-state index contributed by atoms with van der Waals surface area (Å²) < 4.78 is 23.7. The number of nitrogens with zero attached hydrogens (tertiary/aromatic N) is 3. The molecule has 9 heteroatoms. The van der Waals surface area contributed by atoms with Gasteiger partial charge in [0.2, 0.25) is 0 Å². The number of esters is 1. The smallest absolute Gasteiger partial charge is 0.418 e. The maximum absolute atomic E-state index is 12.7. The maximum atomic E-state index is 12.7. The number of hydroxylamine groups is 2. The fourth-order valence-electron chi connectivity index (χ4n) is 4.58. The minimum absolute atomic E-state index is 0.0636. The van der Waals surface area contributed by atoms with E-state index in [2.05, 4.69) is 4.79 Å². The van der Waals surface area contributed by atoms with Gasteiger partial charge < -0.3 is 29.7 Å². The van der Waals surface area contributed by atoms with Gasteiger partial charge in [0, 0.05) is 0 Å². The van der Waals surface area contributed by atoms with Gasteiger partial charge in [-0.25, -0.2) is 4.79 Å². The number of carbonyl (C=O) groups excluding carboxylic acids is 1. The molecule has 4 rings (SSSR count). The van der Waals surface area contributed by atoms with E-state index in [9.17, 15) is 15.5 Å². The van der Waals surface area contributed by atoms with Crippen molar-refractivity contribution in [3.05, 3.63) is 113 Å².